The fraction of sp³-hybridized carbons (Fsp3) is 0.846. The minimum absolute atomic E-state index is 0.00719. The monoisotopic (exact) mass is 256 g/mol. The van der Waals surface area contributed by atoms with E-state index in [1.165, 1.54) is 0 Å². The zero-order valence-corrected chi connectivity index (χ0v) is 11.5. The predicted molar refractivity (Wildman–Crippen MR) is 68.8 cm³/mol. The minimum atomic E-state index is -0.514. The van der Waals surface area contributed by atoms with Gasteiger partial charge in [-0.3, -0.25) is 9.59 Å². The highest BCUT2D eigenvalue weighted by Crippen LogP contribution is 2.23. The van der Waals surface area contributed by atoms with Crippen LogP contribution in [-0.4, -0.2) is 30.1 Å². The van der Waals surface area contributed by atoms with Gasteiger partial charge in [0, 0.05) is 12.0 Å². The summed E-state index contributed by atoms with van der Waals surface area (Å²) in [6, 6.07) is 0.222. The van der Waals surface area contributed by atoms with E-state index in [-0.39, 0.29) is 24.4 Å². The molecular formula is C13H24N2O3. The molecular weight excluding hydrogens is 232 g/mol. The van der Waals surface area contributed by atoms with Crippen molar-refractivity contribution in [2.24, 2.45) is 11.7 Å². The lowest BCUT2D eigenvalue weighted by molar-refractivity contribution is -0.154. The molecule has 0 radical (unpaired) electrons. The Kier molecular flexibility index (Phi) is 5.14. The topological polar surface area (TPSA) is 81.4 Å². The van der Waals surface area contributed by atoms with Crippen LogP contribution in [0.5, 0.6) is 0 Å². The maximum atomic E-state index is 11.8. The van der Waals surface area contributed by atoms with Crippen LogP contribution in [0.15, 0.2) is 0 Å². The van der Waals surface area contributed by atoms with Gasteiger partial charge in [-0.05, 0) is 46.5 Å². The van der Waals surface area contributed by atoms with Crippen molar-refractivity contribution in [1.82, 2.24) is 5.32 Å². The number of amides is 1. The molecule has 0 aromatic rings. The molecule has 1 amide bonds. The molecule has 1 saturated carbocycles. The quantitative estimate of drug-likeness (QED) is 0.737. The zero-order chi connectivity index (χ0) is 13.8. The summed E-state index contributed by atoms with van der Waals surface area (Å²) in [5.41, 5.74) is 5.27. The molecule has 0 aromatic carbocycles. The molecule has 1 aliphatic carbocycles. The third-order valence-corrected chi connectivity index (χ3v) is 2.97. The van der Waals surface area contributed by atoms with Crippen LogP contribution in [0.4, 0.5) is 0 Å². The second-order valence-corrected chi connectivity index (χ2v) is 5.92. The molecule has 0 saturated heterocycles. The number of hydrogen-bond acceptors (Lipinski definition) is 4. The lowest BCUT2D eigenvalue weighted by atomic mass is 9.86. The van der Waals surface area contributed by atoms with Gasteiger partial charge in [0.25, 0.3) is 0 Å². The molecule has 1 aliphatic rings. The lowest BCUT2D eigenvalue weighted by Crippen LogP contribution is -2.40. The molecule has 1 rings (SSSR count). The van der Waals surface area contributed by atoms with Crippen molar-refractivity contribution >= 4 is 11.9 Å². The Bertz CT molecular complexity index is 302. The average Bonchev–Trinajstić information content (AvgIpc) is 2.24. The summed E-state index contributed by atoms with van der Waals surface area (Å²) in [6.07, 6.45) is 3.37. The third-order valence-electron chi connectivity index (χ3n) is 2.97. The van der Waals surface area contributed by atoms with Crippen LogP contribution in [0, 0.1) is 5.92 Å². The molecule has 3 N–H and O–H groups in total. The van der Waals surface area contributed by atoms with Gasteiger partial charge in [-0.1, -0.05) is 0 Å². The van der Waals surface area contributed by atoms with Crippen LogP contribution in [0.1, 0.15) is 46.5 Å². The van der Waals surface area contributed by atoms with E-state index in [2.05, 4.69) is 5.32 Å². The van der Waals surface area contributed by atoms with E-state index in [0.29, 0.717) is 0 Å². The number of carbonyl (C=O) groups excluding carboxylic acids is 2. The van der Waals surface area contributed by atoms with Crippen molar-refractivity contribution in [3.63, 3.8) is 0 Å². The highest BCUT2D eigenvalue weighted by Gasteiger charge is 2.25. The maximum Gasteiger partial charge on any atom is 0.325 e. The molecule has 1 fully saturated rings. The Morgan fingerprint density at radius 1 is 1.22 bits per heavy atom. The highest BCUT2D eigenvalue weighted by molar-refractivity contribution is 5.83. The Hall–Kier alpha value is -1.10. The van der Waals surface area contributed by atoms with Crippen LogP contribution >= 0.6 is 0 Å². The second kappa shape index (κ2) is 6.18. The van der Waals surface area contributed by atoms with Crippen molar-refractivity contribution in [2.45, 2.75) is 58.1 Å². The van der Waals surface area contributed by atoms with Gasteiger partial charge >= 0.3 is 5.97 Å². The van der Waals surface area contributed by atoms with Crippen molar-refractivity contribution in [2.75, 3.05) is 6.54 Å². The van der Waals surface area contributed by atoms with E-state index in [4.69, 9.17) is 10.5 Å². The van der Waals surface area contributed by atoms with E-state index >= 15 is 0 Å². The fourth-order valence-corrected chi connectivity index (χ4v) is 2.06. The summed E-state index contributed by atoms with van der Waals surface area (Å²) in [7, 11) is 0. The number of nitrogens with one attached hydrogen (secondary N) is 1. The zero-order valence-electron chi connectivity index (χ0n) is 11.5. The summed E-state index contributed by atoms with van der Waals surface area (Å²) in [6.45, 7) is 5.35. The third kappa shape index (κ3) is 5.49. The minimum Gasteiger partial charge on any atom is -0.459 e. The number of esters is 1. The van der Waals surface area contributed by atoms with E-state index in [9.17, 15) is 9.59 Å². The van der Waals surface area contributed by atoms with Crippen molar-refractivity contribution in [1.29, 1.82) is 0 Å². The molecule has 5 nitrogen and oxygen atoms in total. The van der Waals surface area contributed by atoms with Crippen molar-refractivity contribution in [3.8, 4) is 0 Å². The Balaban J connectivity index is 2.27. The van der Waals surface area contributed by atoms with Crippen LogP contribution in [0.25, 0.3) is 0 Å². The van der Waals surface area contributed by atoms with Crippen molar-refractivity contribution < 1.29 is 14.3 Å². The maximum absolute atomic E-state index is 11.8. The molecule has 0 spiro atoms. The van der Waals surface area contributed by atoms with Gasteiger partial charge in [-0.2, -0.15) is 0 Å². The van der Waals surface area contributed by atoms with E-state index in [1.807, 2.05) is 0 Å². The Morgan fingerprint density at radius 3 is 2.28 bits per heavy atom. The van der Waals surface area contributed by atoms with E-state index in [0.717, 1.165) is 25.7 Å². The predicted octanol–water partition coefficient (Wildman–Crippen LogP) is 0.962. The number of ether oxygens (including phenoxy) is 1. The fourth-order valence-electron chi connectivity index (χ4n) is 2.06. The number of carbonyl (C=O) groups is 2. The van der Waals surface area contributed by atoms with Crippen LogP contribution in [0.2, 0.25) is 0 Å². The number of rotatable bonds is 3. The van der Waals surface area contributed by atoms with Gasteiger partial charge in [0.15, 0.2) is 0 Å². The Labute approximate surface area is 108 Å². The first kappa shape index (κ1) is 15.0. The molecule has 5 heteroatoms. The molecule has 0 aliphatic heterocycles. The van der Waals surface area contributed by atoms with Crippen LogP contribution in [-0.2, 0) is 14.3 Å². The van der Waals surface area contributed by atoms with Gasteiger partial charge in [-0.15, -0.1) is 0 Å². The smallest absolute Gasteiger partial charge is 0.325 e. The van der Waals surface area contributed by atoms with Crippen LogP contribution in [0.3, 0.4) is 0 Å². The van der Waals surface area contributed by atoms with Gasteiger partial charge in [0.05, 0.1) is 0 Å². The van der Waals surface area contributed by atoms with Gasteiger partial charge in [0.2, 0.25) is 5.91 Å². The number of nitrogens with two attached hydrogens (primary N) is 1. The average molecular weight is 256 g/mol. The summed E-state index contributed by atoms with van der Waals surface area (Å²) in [5, 5.41) is 2.64. The summed E-state index contributed by atoms with van der Waals surface area (Å²) in [5.74, 6) is -0.469. The molecule has 0 unspecified atom stereocenters. The van der Waals surface area contributed by atoms with Crippen molar-refractivity contribution in [3.05, 3.63) is 0 Å². The molecule has 0 atom stereocenters. The molecule has 0 aromatic heterocycles. The van der Waals surface area contributed by atoms with Crippen LogP contribution < -0.4 is 11.1 Å². The standard InChI is InChI=1S/C13H24N2O3/c1-13(2,3)18-11(16)8-15-12(17)9-4-6-10(14)7-5-9/h9-10H,4-8,14H2,1-3H3,(H,15,17)/t9-,10+. The summed E-state index contributed by atoms with van der Waals surface area (Å²) >= 11 is 0. The number of hydrogen-bond donors (Lipinski definition) is 2. The second-order valence-electron chi connectivity index (χ2n) is 5.92. The summed E-state index contributed by atoms with van der Waals surface area (Å²) in [4.78, 5) is 23.3. The SMILES string of the molecule is CC(C)(C)OC(=O)CNC(=O)[C@H]1CC[C@@H](N)CC1. The van der Waals surface area contributed by atoms with Gasteiger partial charge in [0.1, 0.15) is 12.1 Å². The summed E-state index contributed by atoms with van der Waals surface area (Å²) < 4.78 is 5.12. The highest BCUT2D eigenvalue weighted by atomic mass is 16.6. The normalized spacial score (nSPS) is 24.4. The Morgan fingerprint density at radius 2 is 1.78 bits per heavy atom. The van der Waals surface area contributed by atoms with E-state index < -0.39 is 11.6 Å². The first-order chi connectivity index (χ1) is 8.28. The largest absolute Gasteiger partial charge is 0.459 e. The molecule has 0 heterocycles. The van der Waals surface area contributed by atoms with E-state index in [1.54, 1.807) is 20.8 Å². The molecule has 104 valence electrons. The van der Waals surface area contributed by atoms with Gasteiger partial charge in [-0.25, -0.2) is 0 Å². The first-order valence-corrected chi connectivity index (χ1v) is 6.53. The first-order valence-electron chi connectivity index (χ1n) is 6.53. The molecule has 0 bridgehead atoms. The lowest BCUT2D eigenvalue weighted by Gasteiger charge is -2.25. The molecule has 18 heavy (non-hydrogen) atoms. The van der Waals surface area contributed by atoms with Gasteiger partial charge < -0.3 is 15.8 Å².